The largest absolute Gasteiger partial charge is 0.477 e. The van der Waals surface area contributed by atoms with Gasteiger partial charge in [0.15, 0.2) is 0 Å². The van der Waals surface area contributed by atoms with Crippen LogP contribution in [0.1, 0.15) is 10.4 Å². The molecule has 3 rings (SSSR count). The van der Waals surface area contributed by atoms with E-state index in [4.69, 9.17) is 9.63 Å². The molecule has 0 aliphatic carbocycles. The van der Waals surface area contributed by atoms with Gasteiger partial charge in [0.25, 0.3) is 0 Å². The maximum Gasteiger partial charge on any atom is 0.341 e. The van der Waals surface area contributed by atoms with E-state index < -0.39 is 5.97 Å². The number of rotatable bonds is 3. The van der Waals surface area contributed by atoms with Crippen LogP contribution in [0, 0.1) is 0 Å². The fourth-order valence-electron chi connectivity index (χ4n) is 2.07. The van der Waals surface area contributed by atoms with E-state index in [9.17, 15) is 4.79 Å². The number of hydrogen-bond donors (Lipinski definition) is 1. The topological polar surface area (TPSA) is 63.3 Å². The zero-order valence-corrected chi connectivity index (χ0v) is 10.5. The molecule has 0 atom stereocenters. The van der Waals surface area contributed by atoms with Gasteiger partial charge in [-0.3, -0.25) is 0 Å². The molecule has 0 saturated carbocycles. The minimum Gasteiger partial charge on any atom is -0.477 e. The minimum absolute atomic E-state index is 0.0650. The Morgan fingerprint density at radius 3 is 2.40 bits per heavy atom. The van der Waals surface area contributed by atoms with Gasteiger partial charge < -0.3 is 9.63 Å². The molecule has 98 valence electrons. The molecule has 1 N–H and O–H groups in total. The molecule has 0 radical (unpaired) electrons. The highest BCUT2D eigenvalue weighted by Gasteiger charge is 2.16. The van der Waals surface area contributed by atoms with Gasteiger partial charge in [-0.15, -0.1) is 0 Å². The standard InChI is InChI=1S/C16H11NO3/c18-16(19)14-10-20-17-15(14)13-8-4-7-12(9-13)11-5-2-1-3-6-11/h1-10H,(H,18,19). The fraction of sp³-hybridized carbons (Fsp3) is 0. The molecule has 0 spiro atoms. The molecule has 0 amide bonds. The van der Waals surface area contributed by atoms with Gasteiger partial charge >= 0.3 is 5.97 Å². The third kappa shape index (κ3) is 2.19. The van der Waals surface area contributed by atoms with Gasteiger partial charge in [0.2, 0.25) is 0 Å². The molecule has 20 heavy (non-hydrogen) atoms. The van der Waals surface area contributed by atoms with E-state index in [1.165, 1.54) is 0 Å². The van der Waals surface area contributed by atoms with Crippen molar-refractivity contribution in [2.24, 2.45) is 0 Å². The quantitative estimate of drug-likeness (QED) is 0.784. The molecule has 4 nitrogen and oxygen atoms in total. The van der Waals surface area contributed by atoms with E-state index >= 15 is 0 Å². The van der Waals surface area contributed by atoms with Crippen molar-refractivity contribution in [1.82, 2.24) is 5.16 Å². The lowest BCUT2D eigenvalue weighted by atomic mass is 10.0. The zero-order chi connectivity index (χ0) is 13.9. The van der Waals surface area contributed by atoms with Crippen LogP contribution in [0.25, 0.3) is 22.4 Å². The van der Waals surface area contributed by atoms with Gasteiger partial charge in [-0.05, 0) is 17.2 Å². The molecular weight excluding hydrogens is 254 g/mol. The molecule has 0 bridgehead atoms. The van der Waals surface area contributed by atoms with Gasteiger partial charge in [0, 0.05) is 5.56 Å². The van der Waals surface area contributed by atoms with Gasteiger partial charge in [0.05, 0.1) is 0 Å². The van der Waals surface area contributed by atoms with Crippen LogP contribution in [-0.4, -0.2) is 16.2 Å². The maximum absolute atomic E-state index is 11.1. The van der Waals surface area contributed by atoms with Gasteiger partial charge in [0.1, 0.15) is 17.5 Å². The first-order valence-corrected chi connectivity index (χ1v) is 6.09. The number of carboxylic acids is 1. The van der Waals surface area contributed by atoms with E-state index in [0.717, 1.165) is 23.0 Å². The Hall–Kier alpha value is -2.88. The summed E-state index contributed by atoms with van der Waals surface area (Å²) in [4.78, 5) is 11.1. The van der Waals surface area contributed by atoms with Crippen LogP contribution in [0.5, 0.6) is 0 Å². The third-order valence-electron chi connectivity index (χ3n) is 3.04. The van der Waals surface area contributed by atoms with E-state index in [0.29, 0.717) is 5.69 Å². The summed E-state index contributed by atoms with van der Waals surface area (Å²) in [6.07, 6.45) is 1.15. The van der Waals surface area contributed by atoms with Crippen molar-refractivity contribution in [3.05, 3.63) is 66.4 Å². The second-order valence-electron chi connectivity index (χ2n) is 4.33. The van der Waals surface area contributed by atoms with Crippen LogP contribution in [0.2, 0.25) is 0 Å². The lowest BCUT2D eigenvalue weighted by molar-refractivity contribution is 0.0697. The van der Waals surface area contributed by atoms with Crippen molar-refractivity contribution in [1.29, 1.82) is 0 Å². The Bertz CT molecular complexity index is 747. The monoisotopic (exact) mass is 265 g/mol. The number of carboxylic acid groups (broad SMARTS) is 1. The lowest BCUT2D eigenvalue weighted by Gasteiger charge is -2.04. The Morgan fingerprint density at radius 2 is 1.65 bits per heavy atom. The average molecular weight is 265 g/mol. The summed E-state index contributed by atoms with van der Waals surface area (Å²) in [6, 6.07) is 17.4. The molecule has 0 fully saturated rings. The van der Waals surface area contributed by atoms with Crippen LogP contribution < -0.4 is 0 Å². The smallest absolute Gasteiger partial charge is 0.341 e. The Kier molecular flexibility index (Phi) is 3.05. The zero-order valence-electron chi connectivity index (χ0n) is 10.5. The Morgan fingerprint density at radius 1 is 0.950 bits per heavy atom. The maximum atomic E-state index is 11.1. The summed E-state index contributed by atoms with van der Waals surface area (Å²) in [5.41, 5.74) is 3.19. The SMILES string of the molecule is O=C(O)c1conc1-c1cccc(-c2ccccc2)c1. The minimum atomic E-state index is -1.05. The van der Waals surface area contributed by atoms with Crippen LogP contribution >= 0.6 is 0 Å². The lowest BCUT2D eigenvalue weighted by Crippen LogP contribution is -1.96. The Balaban J connectivity index is 2.08. The molecule has 0 unspecified atom stereocenters. The first-order valence-electron chi connectivity index (χ1n) is 6.09. The predicted octanol–water partition coefficient (Wildman–Crippen LogP) is 3.71. The molecule has 0 saturated heterocycles. The first-order chi connectivity index (χ1) is 9.75. The van der Waals surface area contributed by atoms with Gasteiger partial charge in [-0.25, -0.2) is 4.79 Å². The average Bonchev–Trinajstić information content (AvgIpc) is 2.98. The van der Waals surface area contributed by atoms with Crippen LogP contribution in [0.15, 0.2) is 65.4 Å². The third-order valence-corrected chi connectivity index (χ3v) is 3.04. The van der Waals surface area contributed by atoms with Crippen molar-refractivity contribution >= 4 is 5.97 Å². The molecule has 3 aromatic rings. The molecular formula is C16H11NO3. The van der Waals surface area contributed by atoms with Crippen molar-refractivity contribution in [3.8, 4) is 22.4 Å². The number of hydrogen-bond acceptors (Lipinski definition) is 3. The number of benzene rings is 2. The number of aromatic nitrogens is 1. The normalized spacial score (nSPS) is 10.4. The fourth-order valence-corrected chi connectivity index (χ4v) is 2.07. The van der Waals surface area contributed by atoms with Crippen molar-refractivity contribution in [2.75, 3.05) is 0 Å². The van der Waals surface area contributed by atoms with Crippen molar-refractivity contribution in [3.63, 3.8) is 0 Å². The molecule has 0 aliphatic heterocycles. The van der Waals surface area contributed by atoms with E-state index in [1.807, 2.05) is 54.6 Å². The van der Waals surface area contributed by atoms with Gasteiger partial charge in [-0.1, -0.05) is 53.7 Å². The van der Waals surface area contributed by atoms with E-state index in [2.05, 4.69) is 5.16 Å². The second-order valence-corrected chi connectivity index (χ2v) is 4.33. The summed E-state index contributed by atoms with van der Waals surface area (Å²) in [7, 11) is 0. The number of aromatic carboxylic acids is 1. The van der Waals surface area contributed by atoms with Gasteiger partial charge in [-0.2, -0.15) is 0 Å². The highest BCUT2D eigenvalue weighted by Crippen LogP contribution is 2.27. The number of nitrogens with zero attached hydrogens (tertiary/aromatic N) is 1. The molecule has 4 heteroatoms. The molecule has 1 heterocycles. The van der Waals surface area contributed by atoms with E-state index in [-0.39, 0.29) is 5.56 Å². The molecule has 1 aromatic heterocycles. The summed E-state index contributed by atoms with van der Waals surface area (Å²) < 4.78 is 4.78. The van der Waals surface area contributed by atoms with Crippen LogP contribution in [-0.2, 0) is 0 Å². The summed E-state index contributed by atoms with van der Waals surface area (Å²) >= 11 is 0. The summed E-state index contributed by atoms with van der Waals surface area (Å²) in [5, 5.41) is 12.9. The van der Waals surface area contributed by atoms with Crippen molar-refractivity contribution < 1.29 is 14.4 Å². The molecule has 0 aliphatic rings. The predicted molar refractivity (Wildman–Crippen MR) is 74.3 cm³/mol. The highest BCUT2D eigenvalue weighted by molar-refractivity contribution is 5.94. The molecule has 2 aromatic carbocycles. The van der Waals surface area contributed by atoms with Crippen molar-refractivity contribution in [2.45, 2.75) is 0 Å². The van der Waals surface area contributed by atoms with Crippen LogP contribution in [0.4, 0.5) is 0 Å². The van der Waals surface area contributed by atoms with E-state index in [1.54, 1.807) is 0 Å². The summed E-state index contributed by atoms with van der Waals surface area (Å²) in [6.45, 7) is 0. The van der Waals surface area contributed by atoms with Crippen LogP contribution in [0.3, 0.4) is 0 Å². The first kappa shape index (κ1) is 12.2. The Labute approximate surface area is 115 Å². The highest BCUT2D eigenvalue weighted by atomic mass is 16.5. The second kappa shape index (κ2) is 5.01. The summed E-state index contributed by atoms with van der Waals surface area (Å²) in [5.74, 6) is -1.05. The number of carbonyl (C=O) groups is 1.